The Bertz CT molecular complexity index is 982. The van der Waals surface area contributed by atoms with Gasteiger partial charge in [0.1, 0.15) is 17.9 Å². The number of rotatable bonds is 6. The summed E-state index contributed by atoms with van der Waals surface area (Å²) in [5.74, 6) is 2.48. The van der Waals surface area contributed by atoms with Crippen molar-refractivity contribution in [3.8, 4) is 17.0 Å². The van der Waals surface area contributed by atoms with Gasteiger partial charge in [0.25, 0.3) is 0 Å². The third-order valence-electron chi connectivity index (χ3n) is 4.99. The normalized spacial score (nSPS) is 13.8. The van der Waals surface area contributed by atoms with Crippen LogP contribution in [0.5, 0.6) is 5.75 Å². The predicted molar refractivity (Wildman–Crippen MR) is 114 cm³/mol. The van der Waals surface area contributed by atoms with Crippen molar-refractivity contribution < 1.29 is 9.53 Å². The van der Waals surface area contributed by atoms with Gasteiger partial charge in [-0.3, -0.25) is 4.79 Å². The number of para-hydroxylation sites is 1. The van der Waals surface area contributed by atoms with Crippen LogP contribution in [0.4, 0.5) is 17.2 Å². The highest BCUT2D eigenvalue weighted by atomic mass is 16.5. The summed E-state index contributed by atoms with van der Waals surface area (Å²) in [5.41, 5.74) is 3.35. The van der Waals surface area contributed by atoms with Crippen molar-refractivity contribution in [1.82, 2.24) is 9.97 Å². The number of hydrogen-bond donors (Lipinski definition) is 2. The lowest BCUT2D eigenvalue weighted by Crippen LogP contribution is -2.18. The molecular formula is C23H23N4O2. The Morgan fingerprint density at radius 1 is 0.966 bits per heavy atom. The maximum Gasteiger partial charge on any atom is 0.231 e. The molecule has 3 aromatic rings. The van der Waals surface area contributed by atoms with Crippen molar-refractivity contribution in [3.63, 3.8) is 0 Å². The highest BCUT2D eigenvalue weighted by Crippen LogP contribution is 2.30. The van der Waals surface area contributed by atoms with E-state index in [0.717, 1.165) is 60.0 Å². The molecule has 147 valence electrons. The van der Waals surface area contributed by atoms with Crippen molar-refractivity contribution in [1.29, 1.82) is 0 Å². The first-order chi connectivity index (χ1) is 14.2. The van der Waals surface area contributed by atoms with Gasteiger partial charge < -0.3 is 15.4 Å². The van der Waals surface area contributed by atoms with Crippen LogP contribution in [0.2, 0.25) is 0 Å². The second-order valence-corrected chi connectivity index (χ2v) is 6.96. The molecule has 0 atom stereocenters. The second-order valence-electron chi connectivity index (χ2n) is 6.96. The van der Waals surface area contributed by atoms with Gasteiger partial charge in [0, 0.05) is 23.0 Å². The maximum atomic E-state index is 12.2. The van der Waals surface area contributed by atoms with Crippen LogP contribution >= 0.6 is 0 Å². The summed E-state index contributed by atoms with van der Waals surface area (Å²) in [6.07, 6.45) is 5.57. The quantitative estimate of drug-likeness (QED) is 0.624. The average molecular weight is 387 g/mol. The van der Waals surface area contributed by atoms with Gasteiger partial charge >= 0.3 is 0 Å². The molecule has 29 heavy (non-hydrogen) atoms. The minimum Gasteiger partial charge on any atom is -0.496 e. The summed E-state index contributed by atoms with van der Waals surface area (Å²) >= 11 is 0. The molecule has 1 amide bonds. The standard InChI is InChI=1S/C23H23N4O2/c1-29-21-9-5-4-8-19(21)20-14-22(25-15-24-20)26-17-10-12-18(13-11-17)27-23(28)16-6-2-3-7-16/h4-5,8-15H,2-3,6-7H2,1H3,(H,27,28)(H,24,25,26). The monoisotopic (exact) mass is 387 g/mol. The lowest BCUT2D eigenvalue weighted by atomic mass is 10.1. The van der Waals surface area contributed by atoms with Crippen LogP contribution in [0, 0.1) is 5.92 Å². The maximum absolute atomic E-state index is 12.2. The van der Waals surface area contributed by atoms with E-state index in [4.69, 9.17) is 4.74 Å². The van der Waals surface area contributed by atoms with E-state index in [9.17, 15) is 4.79 Å². The van der Waals surface area contributed by atoms with Gasteiger partial charge in [-0.2, -0.15) is 0 Å². The number of anilines is 3. The number of amides is 1. The van der Waals surface area contributed by atoms with E-state index in [-0.39, 0.29) is 5.91 Å². The van der Waals surface area contributed by atoms with Crippen LogP contribution in [0.15, 0.2) is 60.9 Å². The molecule has 0 spiro atoms. The molecule has 1 aliphatic rings. The summed E-state index contributed by atoms with van der Waals surface area (Å²) in [5, 5.41) is 6.25. The molecule has 1 heterocycles. The molecule has 0 bridgehead atoms. The lowest BCUT2D eigenvalue weighted by Gasteiger charge is -2.12. The second kappa shape index (κ2) is 8.73. The number of nitrogens with one attached hydrogen (secondary N) is 2. The summed E-state index contributed by atoms with van der Waals surface area (Å²) in [7, 11) is 1.64. The molecular weight excluding hydrogens is 364 g/mol. The molecule has 2 aromatic carbocycles. The molecule has 1 aromatic heterocycles. The van der Waals surface area contributed by atoms with Gasteiger partial charge in [-0.15, -0.1) is 0 Å². The van der Waals surface area contributed by atoms with Crippen molar-refractivity contribution in [2.24, 2.45) is 0 Å². The molecule has 1 saturated carbocycles. The van der Waals surface area contributed by atoms with Gasteiger partial charge in [-0.1, -0.05) is 25.0 Å². The topological polar surface area (TPSA) is 76.1 Å². The number of aromatic nitrogens is 2. The first-order valence-electron chi connectivity index (χ1n) is 9.71. The molecule has 2 N–H and O–H groups in total. The van der Waals surface area contributed by atoms with Crippen LogP contribution in [-0.4, -0.2) is 23.0 Å². The Kier molecular flexibility index (Phi) is 5.70. The molecule has 1 radical (unpaired) electrons. The number of hydrogen-bond acceptors (Lipinski definition) is 5. The highest BCUT2D eigenvalue weighted by Gasteiger charge is 2.23. The molecule has 1 aliphatic carbocycles. The Morgan fingerprint density at radius 2 is 1.69 bits per heavy atom. The molecule has 6 nitrogen and oxygen atoms in total. The summed E-state index contributed by atoms with van der Waals surface area (Å²) in [6.45, 7) is 0. The highest BCUT2D eigenvalue weighted by molar-refractivity contribution is 6.01. The third-order valence-corrected chi connectivity index (χ3v) is 4.99. The number of carbonyl (C=O) groups is 1. The van der Waals surface area contributed by atoms with Crippen molar-refractivity contribution in [2.75, 3.05) is 17.7 Å². The van der Waals surface area contributed by atoms with Crippen LogP contribution < -0.4 is 15.4 Å². The zero-order valence-electron chi connectivity index (χ0n) is 16.3. The Balaban J connectivity index is 1.45. The van der Waals surface area contributed by atoms with Crippen molar-refractivity contribution in [2.45, 2.75) is 25.7 Å². The molecule has 6 heteroatoms. The first kappa shape index (κ1) is 18.9. The van der Waals surface area contributed by atoms with Crippen LogP contribution in [0.3, 0.4) is 0 Å². The largest absolute Gasteiger partial charge is 0.496 e. The summed E-state index contributed by atoms with van der Waals surface area (Å²) in [4.78, 5) is 20.9. The van der Waals surface area contributed by atoms with Crippen LogP contribution in [-0.2, 0) is 4.79 Å². The average Bonchev–Trinajstić information content (AvgIpc) is 3.30. The van der Waals surface area contributed by atoms with Gasteiger partial charge in [-0.05, 0) is 49.2 Å². The van der Waals surface area contributed by atoms with E-state index in [1.807, 2.05) is 54.6 Å². The fourth-order valence-electron chi connectivity index (χ4n) is 3.46. The lowest BCUT2D eigenvalue weighted by molar-refractivity contribution is -0.114. The van der Waals surface area contributed by atoms with Crippen LogP contribution in [0.25, 0.3) is 11.3 Å². The Labute approximate surface area is 170 Å². The van der Waals surface area contributed by atoms with E-state index in [2.05, 4.69) is 20.6 Å². The molecule has 4 rings (SSSR count). The van der Waals surface area contributed by atoms with E-state index >= 15 is 0 Å². The Hall–Kier alpha value is -3.41. The zero-order chi connectivity index (χ0) is 20.1. The minimum absolute atomic E-state index is 0.0421. The van der Waals surface area contributed by atoms with E-state index in [1.54, 1.807) is 7.11 Å². The fourth-order valence-corrected chi connectivity index (χ4v) is 3.46. The molecule has 1 fully saturated rings. The van der Waals surface area contributed by atoms with Crippen molar-refractivity contribution >= 4 is 23.1 Å². The van der Waals surface area contributed by atoms with Gasteiger partial charge in [0.15, 0.2) is 0 Å². The Morgan fingerprint density at radius 3 is 2.45 bits per heavy atom. The summed E-state index contributed by atoms with van der Waals surface area (Å²) in [6, 6.07) is 17.2. The van der Waals surface area contributed by atoms with Crippen molar-refractivity contribution in [3.05, 3.63) is 66.8 Å². The number of benzene rings is 2. The van der Waals surface area contributed by atoms with Gasteiger partial charge in [0.2, 0.25) is 5.91 Å². The van der Waals surface area contributed by atoms with E-state index in [0.29, 0.717) is 5.82 Å². The minimum atomic E-state index is 0.0421. The SMILES string of the molecule is COc1ccccc1-c1cc(Nc2ccc(NC(=O)[C]3CCCC3)cc2)ncn1. The third kappa shape index (κ3) is 4.54. The molecule has 0 unspecified atom stereocenters. The zero-order valence-corrected chi connectivity index (χ0v) is 16.3. The number of carbonyl (C=O) groups excluding carboxylic acids is 1. The number of methoxy groups -OCH3 is 1. The fraction of sp³-hybridized carbons (Fsp3) is 0.217. The van der Waals surface area contributed by atoms with E-state index < -0.39 is 0 Å². The number of nitrogens with zero attached hydrogens (tertiary/aromatic N) is 2. The predicted octanol–water partition coefficient (Wildman–Crippen LogP) is 4.98. The van der Waals surface area contributed by atoms with Crippen LogP contribution in [0.1, 0.15) is 25.7 Å². The summed E-state index contributed by atoms with van der Waals surface area (Å²) < 4.78 is 5.42. The van der Waals surface area contributed by atoms with E-state index in [1.165, 1.54) is 6.33 Å². The first-order valence-corrected chi connectivity index (χ1v) is 9.71. The number of ether oxygens (including phenoxy) is 1. The molecule has 0 saturated heterocycles. The van der Waals surface area contributed by atoms with Gasteiger partial charge in [0.05, 0.1) is 18.7 Å². The van der Waals surface area contributed by atoms with Gasteiger partial charge in [-0.25, -0.2) is 9.97 Å². The molecule has 0 aliphatic heterocycles. The smallest absolute Gasteiger partial charge is 0.231 e.